The van der Waals surface area contributed by atoms with Crippen LogP contribution in [-0.4, -0.2) is 114 Å². The average molecular weight is 802 g/mol. The number of aliphatic hydroxyl groups excluding tert-OH is 1. The lowest BCUT2D eigenvalue weighted by molar-refractivity contribution is -0.302. The standard InChI is InChI=1S/C45H71NO11/c1-10-20-55-37-18-16-32(26-36(37)48)24-30(6)40-29(5)15-17-35(47)33(11-2)22-27(3)21-28(4)23-38(53-8)41-39(54-9)25-31(7)45(52,57-41)42(49)43(50)46-19-13-12-14-34(46)44(51)56-40/h10,22,24,28-29,31-34,36-41,48,52H,1,11-21,23,25-26H2,2-9H3. The summed E-state index contributed by atoms with van der Waals surface area (Å²) in [7, 11) is 3.10. The minimum absolute atomic E-state index is 0.0177. The second-order valence-electron chi connectivity index (χ2n) is 17.4. The molecule has 4 aliphatic rings. The molecule has 1 amide bonds. The Morgan fingerprint density at radius 3 is 2.35 bits per heavy atom. The van der Waals surface area contributed by atoms with Gasteiger partial charge in [-0.1, -0.05) is 51.5 Å². The molecular weight excluding hydrogens is 730 g/mol. The molecule has 0 spiro atoms. The minimum Gasteiger partial charge on any atom is -0.456 e. The lowest BCUT2D eigenvalue weighted by Crippen LogP contribution is -2.64. The van der Waals surface area contributed by atoms with Crippen molar-refractivity contribution in [3.63, 3.8) is 0 Å². The number of hydrogen-bond donors (Lipinski definition) is 2. The molecule has 57 heavy (non-hydrogen) atoms. The van der Waals surface area contributed by atoms with Crippen molar-refractivity contribution in [1.29, 1.82) is 0 Å². The molecule has 1 saturated carbocycles. The van der Waals surface area contributed by atoms with Crippen molar-refractivity contribution in [2.45, 2.75) is 167 Å². The van der Waals surface area contributed by atoms with Crippen molar-refractivity contribution in [1.82, 2.24) is 4.90 Å². The van der Waals surface area contributed by atoms with Gasteiger partial charge in [0.15, 0.2) is 0 Å². The van der Waals surface area contributed by atoms with E-state index in [1.807, 2.05) is 27.7 Å². The summed E-state index contributed by atoms with van der Waals surface area (Å²) >= 11 is 0. The molecule has 3 heterocycles. The molecule has 0 radical (unpaired) electrons. The van der Waals surface area contributed by atoms with Gasteiger partial charge >= 0.3 is 5.97 Å². The number of rotatable bonds is 8. The second-order valence-corrected chi connectivity index (χ2v) is 17.4. The van der Waals surface area contributed by atoms with Crippen molar-refractivity contribution >= 4 is 23.4 Å². The van der Waals surface area contributed by atoms with Crippen LogP contribution in [0.1, 0.15) is 119 Å². The van der Waals surface area contributed by atoms with E-state index in [-0.39, 0.29) is 54.9 Å². The number of carbonyl (C=O) groups excluding carboxylic acids is 4. The monoisotopic (exact) mass is 802 g/mol. The van der Waals surface area contributed by atoms with Crippen molar-refractivity contribution in [3.8, 4) is 0 Å². The zero-order chi connectivity index (χ0) is 42.0. The number of carbonyl (C=O) groups is 4. The first-order valence-electron chi connectivity index (χ1n) is 21.4. The third kappa shape index (κ3) is 11.7. The molecule has 0 aromatic rings. The number of nitrogens with zero attached hydrogens (tertiary/aromatic N) is 1. The van der Waals surface area contributed by atoms with Gasteiger partial charge in [0.25, 0.3) is 11.7 Å². The molecule has 322 valence electrons. The molecule has 3 fully saturated rings. The topological polar surface area (TPSA) is 158 Å². The highest BCUT2D eigenvalue weighted by molar-refractivity contribution is 6.39. The van der Waals surface area contributed by atoms with Crippen LogP contribution in [0.15, 0.2) is 36.0 Å². The molecule has 4 rings (SSSR count). The first-order chi connectivity index (χ1) is 27.1. The normalized spacial score (nSPS) is 38.7. The fraction of sp³-hybridized carbons (Fsp3) is 0.778. The number of hydrogen-bond acceptors (Lipinski definition) is 11. The Bertz CT molecular complexity index is 1460. The van der Waals surface area contributed by atoms with Crippen LogP contribution in [0.5, 0.6) is 0 Å². The van der Waals surface area contributed by atoms with Crippen LogP contribution in [0.2, 0.25) is 0 Å². The molecule has 2 saturated heterocycles. The Morgan fingerprint density at radius 2 is 1.70 bits per heavy atom. The third-order valence-electron chi connectivity index (χ3n) is 12.9. The van der Waals surface area contributed by atoms with Gasteiger partial charge in [0.2, 0.25) is 5.79 Å². The van der Waals surface area contributed by atoms with E-state index in [0.717, 1.165) is 17.6 Å². The Hall–Kier alpha value is -2.74. The number of aliphatic hydroxyl groups is 2. The Balaban J connectivity index is 1.71. The van der Waals surface area contributed by atoms with Gasteiger partial charge in [-0.15, -0.1) is 6.58 Å². The molecule has 13 atom stereocenters. The van der Waals surface area contributed by atoms with Crippen LogP contribution in [-0.2, 0) is 42.9 Å². The molecular formula is C45H71NO11. The average Bonchev–Trinajstić information content (AvgIpc) is 3.19. The predicted molar refractivity (Wildman–Crippen MR) is 216 cm³/mol. The van der Waals surface area contributed by atoms with E-state index in [9.17, 15) is 29.4 Å². The van der Waals surface area contributed by atoms with Crippen LogP contribution in [0.25, 0.3) is 0 Å². The number of fused-ring (bicyclic) bond motifs is 3. The van der Waals surface area contributed by atoms with Gasteiger partial charge in [-0.3, -0.25) is 14.4 Å². The maximum absolute atomic E-state index is 14.3. The summed E-state index contributed by atoms with van der Waals surface area (Å²) in [5.41, 5.74) is 1.88. The van der Waals surface area contributed by atoms with E-state index in [1.165, 1.54) is 4.90 Å². The van der Waals surface area contributed by atoms with Crippen molar-refractivity contribution in [2.75, 3.05) is 27.4 Å². The number of Topliss-reactive ketones (excluding diaryl/α,β-unsaturated/α-hetero) is 2. The highest BCUT2D eigenvalue weighted by Crippen LogP contribution is 2.39. The summed E-state index contributed by atoms with van der Waals surface area (Å²) in [6.07, 6.45) is 8.50. The highest BCUT2D eigenvalue weighted by Gasteiger charge is 2.56. The molecule has 2 bridgehead atoms. The number of cyclic esters (lactones) is 1. The zero-order valence-electron chi connectivity index (χ0n) is 35.8. The summed E-state index contributed by atoms with van der Waals surface area (Å²) in [4.78, 5) is 57.7. The van der Waals surface area contributed by atoms with Gasteiger partial charge < -0.3 is 38.8 Å². The number of esters is 1. The van der Waals surface area contributed by atoms with Gasteiger partial charge in [0.05, 0.1) is 31.0 Å². The number of ketones is 2. The van der Waals surface area contributed by atoms with E-state index < -0.39 is 65.9 Å². The van der Waals surface area contributed by atoms with Gasteiger partial charge in [0, 0.05) is 39.0 Å². The molecule has 13 unspecified atom stereocenters. The van der Waals surface area contributed by atoms with Crippen LogP contribution < -0.4 is 0 Å². The number of allylic oxidation sites excluding steroid dienone is 3. The van der Waals surface area contributed by atoms with E-state index >= 15 is 0 Å². The van der Waals surface area contributed by atoms with Gasteiger partial charge in [-0.25, -0.2) is 4.79 Å². The Kier molecular flexibility index (Phi) is 17.7. The van der Waals surface area contributed by atoms with Crippen LogP contribution in [0.4, 0.5) is 0 Å². The molecule has 2 N–H and O–H groups in total. The molecule has 0 aromatic heterocycles. The summed E-state index contributed by atoms with van der Waals surface area (Å²) in [6.45, 7) is 15.9. The van der Waals surface area contributed by atoms with E-state index in [1.54, 1.807) is 27.2 Å². The fourth-order valence-corrected chi connectivity index (χ4v) is 9.53. The second kappa shape index (κ2) is 21.5. The number of amides is 1. The smallest absolute Gasteiger partial charge is 0.329 e. The largest absolute Gasteiger partial charge is 0.456 e. The van der Waals surface area contributed by atoms with Crippen molar-refractivity contribution in [2.24, 2.45) is 29.6 Å². The molecule has 1 aliphatic carbocycles. The summed E-state index contributed by atoms with van der Waals surface area (Å²) < 4.78 is 30.1. The minimum atomic E-state index is -2.47. The molecule has 12 nitrogen and oxygen atoms in total. The zero-order valence-corrected chi connectivity index (χ0v) is 35.8. The van der Waals surface area contributed by atoms with Gasteiger partial charge in [-0.2, -0.15) is 0 Å². The Morgan fingerprint density at radius 1 is 1.00 bits per heavy atom. The Labute approximate surface area is 340 Å². The predicted octanol–water partition coefficient (Wildman–Crippen LogP) is 6.06. The summed E-state index contributed by atoms with van der Waals surface area (Å²) in [6, 6.07) is -1.05. The van der Waals surface area contributed by atoms with Gasteiger partial charge in [-0.05, 0) is 108 Å². The number of methoxy groups -OCH3 is 2. The van der Waals surface area contributed by atoms with E-state index in [0.29, 0.717) is 64.4 Å². The first-order valence-corrected chi connectivity index (χ1v) is 21.4. The number of piperidine rings is 1. The summed E-state index contributed by atoms with van der Waals surface area (Å²) in [5, 5.41) is 22.9. The lowest BCUT2D eigenvalue weighted by Gasteiger charge is -2.47. The van der Waals surface area contributed by atoms with E-state index in [4.69, 9.17) is 23.7 Å². The molecule has 3 aliphatic heterocycles. The van der Waals surface area contributed by atoms with Crippen LogP contribution >= 0.6 is 0 Å². The highest BCUT2D eigenvalue weighted by atomic mass is 16.7. The maximum Gasteiger partial charge on any atom is 0.329 e. The first kappa shape index (κ1) is 46.9. The van der Waals surface area contributed by atoms with E-state index in [2.05, 4.69) is 25.7 Å². The van der Waals surface area contributed by atoms with Crippen molar-refractivity contribution < 1.29 is 53.1 Å². The van der Waals surface area contributed by atoms with Crippen LogP contribution in [0, 0.1) is 29.6 Å². The fourth-order valence-electron chi connectivity index (χ4n) is 9.53. The number of ether oxygens (including phenoxy) is 5. The summed E-state index contributed by atoms with van der Waals surface area (Å²) in [5.74, 6) is -6.32. The maximum atomic E-state index is 14.3. The van der Waals surface area contributed by atoms with Gasteiger partial charge in [0.1, 0.15) is 24.0 Å². The van der Waals surface area contributed by atoms with Crippen LogP contribution in [0.3, 0.4) is 0 Å². The molecule has 12 heteroatoms. The van der Waals surface area contributed by atoms with Crippen molar-refractivity contribution in [3.05, 3.63) is 36.0 Å². The lowest BCUT2D eigenvalue weighted by atomic mass is 9.82. The third-order valence-corrected chi connectivity index (χ3v) is 12.9. The molecule has 0 aromatic carbocycles. The quantitative estimate of drug-likeness (QED) is 0.167. The SMILES string of the molecule is C=CCOC1CCC(C=C(C)C2OC(=O)C3CCCCN3C(=O)C(=O)C3(O)OC(C(OC)CC(C)CC(C)=CC(CC)C(=O)CCC2C)C(OC)CC3C)CC1O.